The van der Waals surface area contributed by atoms with Crippen molar-refractivity contribution in [2.75, 3.05) is 25.0 Å². The average molecular weight is 579 g/mol. The van der Waals surface area contributed by atoms with Crippen molar-refractivity contribution in [3.05, 3.63) is 59.9 Å². The number of rotatable bonds is 13. The molecular weight excluding hydrogens is 535 g/mol. The van der Waals surface area contributed by atoms with Gasteiger partial charge in [0.1, 0.15) is 5.82 Å². The Balaban J connectivity index is 1.40. The lowest BCUT2D eigenvalue weighted by atomic mass is 9.81. The Morgan fingerprint density at radius 2 is 1.88 bits per heavy atom. The van der Waals surface area contributed by atoms with Gasteiger partial charge in [-0.05, 0) is 97.8 Å². The molecule has 1 aliphatic rings. The Morgan fingerprint density at radius 1 is 1.07 bits per heavy atom. The molecule has 2 aromatic carbocycles. The van der Waals surface area contributed by atoms with Crippen LogP contribution in [-0.4, -0.2) is 68.8 Å². The van der Waals surface area contributed by atoms with Crippen molar-refractivity contribution in [3.63, 3.8) is 0 Å². The number of benzene rings is 2. The summed E-state index contributed by atoms with van der Waals surface area (Å²) in [6.45, 7) is 6.80. The topological polar surface area (TPSA) is 117 Å². The van der Waals surface area contributed by atoms with Gasteiger partial charge in [0.2, 0.25) is 5.91 Å². The first-order valence-electron chi connectivity index (χ1n) is 15.0. The van der Waals surface area contributed by atoms with E-state index in [0.717, 1.165) is 62.9 Å². The number of halogens is 1. The molecule has 1 heterocycles. The van der Waals surface area contributed by atoms with Gasteiger partial charge in [-0.1, -0.05) is 38.1 Å². The maximum Gasteiger partial charge on any atom is 0.319 e. The molecule has 42 heavy (non-hydrogen) atoms. The third kappa shape index (κ3) is 9.07. The molecule has 4 rings (SSSR count). The average Bonchev–Trinajstić information content (AvgIpc) is 3.41. The Labute approximate surface area is 247 Å². The van der Waals surface area contributed by atoms with E-state index in [9.17, 15) is 14.0 Å². The molecule has 0 bridgehead atoms. The SMILES string of the molecule is CCCN(CCCc1ccc(F)cc1)CC1CCC(NC(=O)CC)CC1NC(=O)Nc1cccc(-c2nnnn2C)c1. The molecule has 3 unspecified atom stereocenters. The van der Waals surface area contributed by atoms with E-state index in [-0.39, 0.29) is 35.8 Å². The lowest BCUT2D eigenvalue weighted by molar-refractivity contribution is -0.121. The van der Waals surface area contributed by atoms with Crippen LogP contribution in [0.3, 0.4) is 0 Å². The van der Waals surface area contributed by atoms with Crippen LogP contribution < -0.4 is 16.0 Å². The molecule has 0 radical (unpaired) electrons. The number of tetrazole rings is 1. The normalized spacial score (nSPS) is 18.5. The van der Waals surface area contributed by atoms with Gasteiger partial charge in [0, 0.05) is 43.3 Å². The van der Waals surface area contributed by atoms with Crippen molar-refractivity contribution in [2.45, 2.75) is 70.9 Å². The fourth-order valence-electron chi connectivity index (χ4n) is 5.74. The molecule has 3 aromatic rings. The third-order valence-corrected chi connectivity index (χ3v) is 7.88. The van der Waals surface area contributed by atoms with Crippen LogP contribution in [-0.2, 0) is 18.3 Å². The minimum atomic E-state index is -0.279. The van der Waals surface area contributed by atoms with Crippen molar-refractivity contribution < 1.29 is 14.0 Å². The molecule has 3 atom stereocenters. The molecule has 0 spiro atoms. The molecule has 0 aliphatic heterocycles. The minimum Gasteiger partial charge on any atom is -0.353 e. The molecule has 1 fully saturated rings. The number of hydrogen-bond acceptors (Lipinski definition) is 6. The molecule has 11 heteroatoms. The van der Waals surface area contributed by atoms with Crippen LogP contribution in [0.1, 0.15) is 57.9 Å². The monoisotopic (exact) mass is 578 g/mol. The summed E-state index contributed by atoms with van der Waals surface area (Å²) in [5, 5.41) is 21.0. The molecular formula is C31H43FN8O2. The van der Waals surface area contributed by atoms with Crippen LogP contribution >= 0.6 is 0 Å². The van der Waals surface area contributed by atoms with Gasteiger partial charge < -0.3 is 20.9 Å². The number of carbonyl (C=O) groups is 2. The summed E-state index contributed by atoms with van der Waals surface area (Å²) in [5.74, 6) is 0.676. The highest BCUT2D eigenvalue weighted by Gasteiger charge is 2.33. The highest BCUT2D eigenvalue weighted by atomic mass is 19.1. The highest BCUT2D eigenvalue weighted by Crippen LogP contribution is 2.27. The summed E-state index contributed by atoms with van der Waals surface area (Å²) in [7, 11) is 1.77. The number of aromatic nitrogens is 4. The van der Waals surface area contributed by atoms with Gasteiger partial charge in [0.05, 0.1) is 0 Å². The van der Waals surface area contributed by atoms with E-state index in [1.165, 1.54) is 12.1 Å². The van der Waals surface area contributed by atoms with E-state index in [0.29, 0.717) is 24.4 Å². The van der Waals surface area contributed by atoms with E-state index < -0.39 is 0 Å². The number of aryl methyl sites for hydroxylation is 2. The van der Waals surface area contributed by atoms with Gasteiger partial charge in [-0.15, -0.1) is 5.10 Å². The Morgan fingerprint density at radius 3 is 2.60 bits per heavy atom. The van der Waals surface area contributed by atoms with Gasteiger partial charge in [0.15, 0.2) is 5.82 Å². The van der Waals surface area contributed by atoms with E-state index in [1.807, 2.05) is 43.3 Å². The van der Waals surface area contributed by atoms with E-state index in [4.69, 9.17) is 0 Å². The summed E-state index contributed by atoms with van der Waals surface area (Å²) < 4.78 is 14.9. The van der Waals surface area contributed by atoms with Gasteiger partial charge >= 0.3 is 6.03 Å². The largest absolute Gasteiger partial charge is 0.353 e. The number of urea groups is 1. The molecule has 0 saturated heterocycles. The maximum absolute atomic E-state index is 13.3. The zero-order chi connectivity index (χ0) is 29.9. The van der Waals surface area contributed by atoms with Crippen LogP contribution in [0.5, 0.6) is 0 Å². The first kappa shape index (κ1) is 31.1. The predicted octanol–water partition coefficient (Wildman–Crippen LogP) is 4.55. The lowest BCUT2D eigenvalue weighted by Crippen LogP contribution is -2.53. The molecule has 3 N–H and O–H groups in total. The number of nitrogens with zero attached hydrogens (tertiary/aromatic N) is 5. The number of carbonyl (C=O) groups excluding carboxylic acids is 2. The third-order valence-electron chi connectivity index (χ3n) is 7.88. The standard InChI is InChI=1S/C31H43FN8O2/c1-4-17-40(18-7-8-22-11-14-25(32)15-12-22)21-24-13-16-27(33-29(41)5-2)20-28(24)35-31(42)34-26-10-6-9-23(19-26)30-36-37-38-39(30)3/h6,9-12,14-15,19,24,27-28H,4-5,7-8,13,16-18,20-21H2,1-3H3,(H,33,41)(H2,34,35,42). The van der Waals surface area contributed by atoms with E-state index >= 15 is 0 Å². The van der Waals surface area contributed by atoms with Crippen molar-refractivity contribution >= 4 is 17.6 Å². The minimum absolute atomic E-state index is 0.0313. The summed E-state index contributed by atoms with van der Waals surface area (Å²) in [5.41, 5.74) is 2.58. The van der Waals surface area contributed by atoms with Gasteiger partial charge in [0.25, 0.3) is 0 Å². The second kappa shape index (κ2) is 15.4. The molecule has 1 aliphatic carbocycles. The van der Waals surface area contributed by atoms with Crippen molar-refractivity contribution in [1.29, 1.82) is 0 Å². The maximum atomic E-state index is 13.3. The van der Waals surface area contributed by atoms with Crippen molar-refractivity contribution in [2.24, 2.45) is 13.0 Å². The summed E-state index contributed by atoms with van der Waals surface area (Å²) >= 11 is 0. The van der Waals surface area contributed by atoms with Crippen molar-refractivity contribution in [3.8, 4) is 11.4 Å². The van der Waals surface area contributed by atoms with Gasteiger partial charge in [-0.3, -0.25) is 4.79 Å². The fraction of sp³-hybridized carbons (Fsp3) is 0.516. The number of nitrogens with one attached hydrogen (secondary N) is 3. The second-order valence-corrected chi connectivity index (χ2v) is 11.1. The number of hydrogen-bond donors (Lipinski definition) is 3. The van der Waals surface area contributed by atoms with Crippen LogP contribution in [0.15, 0.2) is 48.5 Å². The smallest absolute Gasteiger partial charge is 0.319 e. The van der Waals surface area contributed by atoms with E-state index in [2.05, 4.69) is 43.3 Å². The molecule has 1 saturated carbocycles. The fourth-order valence-corrected chi connectivity index (χ4v) is 5.74. The zero-order valence-corrected chi connectivity index (χ0v) is 24.9. The van der Waals surface area contributed by atoms with Crippen LogP contribution in [0.25, 0.3) is 11.4 Å². The first-order chi connectivity index (χ1) is 20.3. The Hall–Kier alpha value is -3.86. The highest BCUT2D eigenvalue weighted by molar-refractivity contribution is 5.90. The quantitative estimate of drug-likeness (QED) is 0.274. The molecule has 3 amide bonds. The van der Waals surface area contributed by atoms with Crippen LogP contribution in [0.4, 0.5) is 14.9 Å². The van der Waals surface area contributed by atoms with Gasteiger partial charge in [-0.25, -0.2) is 13.9 Å². The molecule has 10 nitrogen and oxygen atoms in total. The Kier molecular flexibility index (Phi) is 11.4. The molecule has 226 valence electrons. The zero-order valence-electron chi connectivity index (χ0n) is 24.9. The lowest BCUT2D eigenvalue weighted by Gasteiger charge is -2.39. The van der Waals surface area contributed by atoms with E-state index in [1.54, 1.807) is 11.7 Å². The van der Waals surface area contributed by atoms with Crippen LogP contribution in [0, 0.1) is 11.7 Å². The Bertz CT molecular complexity index is 1300. The summed E-state index contributed by atoms with van der Waals surface area (Å²) in [4.78, 5) is 27.9. The summed E-state index contributed by atoms with van der Waals surface area (Å²) in [6.07, 6.45) is 5.83. The van der Waals surface area contributed by atoms with Crippen LogP contribution in [0.2, 0.25) is 0 Å². The first-order valence-corrected chi connectivity index (χ1v) is 15.0. The van der Waals surface area contributed by atoms with Crippen molar-refractivity contribution in [1.82, 2.24) is 35.7 Å². The summed E-state index contributed by atoms with van der Waals surface area (Å²) in [6, 6.07) is 13.8. The number of anilines is 1. The molecule has 1 aromatic heterocycles. The second-order valence-electron chi connectivity index (χ2n) is 11.1. The van der Waals surface area contributed by atoms with Gasteiger partial charge in [-0.2, -0.15) is 0 Å². The number of amides is 3. The predicted molar refractivity (Wildman–Crippen MR) is 161 cm³/mol.